The number of hydrogen-bond donors (Lipinski definition) is 2. The zero-order valence-electron chi connectivity index (χ0n) is 13.9. The second-order valence-electron chi connectivity index (χ2n) is 6.53. The van der Waals surface area contributed by atoms with Gasteiger partial charge >= 0.3 is 0 Å². The van der Waals surface area contributed by atoms with Crippen LogP contribution in [-0.4, -0.2) is 16.4 Å². The van der Waals surface area contributed by atoms with E-state index in [1.165, 1.54) is 6.42 Å². The highest BCUT2D eigenvalue weighted by molar-refractivity contribution is 7.80. The first-order valence-corrected chi connectivity index (χ1v) is 9.01. The Hall–Kier alpha value is -0.640. The van der Waals surface area contributed by atoms with Gasteiger partial charge in [0.15, 0.2) is 0 Å². The van der Waals surface area contributed by atoms with Crippen molar-refractivity contribution in [1.82, 2.24) is 5.32 Å². The normalized spacial score (nSPS) is 27.1. The van der Waals surface area contributed by atoms with Gasteiger partial charge in [-0.05, 0) is 44.4 Å². The van der Waals surface area contributed by atoms with Gasteiger partial charge in [0.05, 0.1) is 10.5 Å². The van der Waals surface area contributed by atoms with Gasteiger partial charge in [-0.25, -0.2) is 0 Å². The summed E-state index contributed by atoms with van der Waals surface area (Å²) < 4.78 is 0. The lowest BCUT2D eigenvalue weighted by atomic mass is 9.75. The summed E-state index contributed by atoms with van der Waals surface area (Å²) in [6, 6.07) is 0. The van der Waals surface area contributed by atoms with Gasteiger partial charge in [0.2, 0.25) is 5.91 Å². The van der Waals surface area contributed by atoms with Crippen molar-refractivity contribution in [2.45, 2.75) is 84.1 Å². The van der Waals surface area contributed by atoms with Crippen molar-refractivity contribution in [3.8, 4) is 0 Å². The van der Waals surface area contributed by atoms with E-state index in [1.807, 2.05) is 0 Å². The fourth-order valence-corrected chi connectivity index (χ4v) is 3.58. The molecule has 0 radical (unpaired) electrons. The fourth-order valence-electron chi connectivity index (χ4n) is 3.32. The number of rotatable bonds is 8. The van der Waals surface area contributed by atoms with Crippen LogP contribution in [0.15, 0.2) is 0 Å². The first-order chi connectivity index (χ1) is 9.99. The molecule has 0 bridgehead atoms. The minimum absolute atomic E-state index is 0.0973. The lowest BCUT2D eigenvalue weighted by Crippen LogP contribution is -2.59. The zero-order valence-corrected chi connectivity index (χ0v) is 14.7. The van der Waals surface area contributed by atoms with E-state index in [0.717, 1.165) is 57.3 Å². The minimum atomic E-state index is -0.433. The molecule has 0 aliphatic heterocycles. The second-order valence-corrected chi connectivity index (χ2v) is 6.97. The van der Waals surface area contributed by atoms with Crippen LogP contribution in [0.4, 0.5) is 0 Å². The Kier molecular flexibility index (Phi) is 7.64. The van der Waals surface area contributed by atoms with Gasteiger partial charge in [-0.2, -0.15) is 0 Å². The number of unbranched alkanes of at least 4 members (excludes halogenated alkanes) is 1. The minimum Gasteiger partial charge on any atom is -0.391 e. The van der Waals surface area contributed by atoms with Crippen LogP contribution in [0.2, 0.25) is 0 Å². The first-order valence-electron chi connectivity index (χ1n) is 8.61. The van der Waals surface area contributed by atoms with E-state index in [0.29, 0.717) is 4.99 Å². The van der Waals surface area contributed by atoms with Gasteiger partial charge in [0.25, 0.3) is 0 Å². The largest absolute Gasteiger partial charge is 0.391 e. The molecule has 1 saturated carbocycles. The summed E-state index contributed by atoms with van der Waals surface area (Å²) in [5.41, 5.74) is 5.56. The Morgan fingerprint density at radius 1 is 1.33 bits per heavy atom. The molecule has 3 nitrogen and oxygen atoms in total. The Morgan fingerprint density at radius 3 is 2.38 bits per heavy atom. The molecular formula is C17H32N2OS. The van der Waals surface area contributed by atoms with E-state index in [2.05, 4.69) is 26.1 Å². The number of amides is 1. The third kappa shape index (κ3) is 4.94. The molecule has 1 atom stereocenters. The zero-order chi connectivity index (χ0) is 15.9. The van der Waals surface area contributed by atoms with E-state index in [9.17, 15) is 4.79 Å². The number of carbonyl (C=O) groups is 1. The van der Waals surface area contributed by atoms with Crippen LogP contribution in [0.5, 0.6) is 0 Å². The average molecular weight is 313 g/mol. The molecule has 0 saturated heterocycles. The third-order valence-corrected chi connectivity index (χ3v) is 5.53. The van der Waals surface area contributed by atoms with Crippen molar-refractivity contribution in [2.75, 3.05) is 0 Å². The summed E-state index contributed by atoms with van der Waals surface area (Å²) in [5.74, 6) is 1.00. The SMILES string of the molecule is CCCCC(CC)C(=O)NC1(C(N)=S)CCC(CC)CC1. The molecule has 0 aromatic rings. The van der Waals surface area contributed by atoms with Gasteiger partial charge in [-0.1, -0.05) is 52.3 Å². The standard InChI is InChI=1S/C17H32N2OS/c1-4-7-8-14(6-3)15(20)19-17(16(18)21)11-9-13(5-2)10-12-17/h13-14H,4-12H2,1-3H3,(H2,18,21)(H,19,20). The second kappa shape index (κ2) is 8.72. The Morgan fingerprint density at radius 2 is 1.95 bits per heavy atom. The van der Waals surface area contributed by atoms with Gasteiger partial charge in [0.1, 0.15) is 0 Å². The number of nitrogens with two attached hydrogens (primary N) is 1. The quantitative estimate of drug-likeness (QED) is 0.667. The summed E-state index contributed by atoms with van der Waals surface area (Å²) in [7, 11) is 0. The maximum Gasteiger partial charge on any atom is 0.223 e. The molecule has 1 amide bonds. The van der Waals surface area contributed by atoms with Crippen molar-refractivity contribution in [2.24, 2.45) is 17.6 Å². The van der Waals surface area contributed by atoms with Crippen LogP contribution in [0.25, 0.3) is 0 Å². The average Bonchev–Trinajstić information content (AvgIpc) is 2.48. The highest BCUT2D eigenvalue weighted by Crippen LogP contribution is 2.34. The summed E-state index contributed by atoms with van der Waals surface area (Å²) in [5, 5.41) is 3.23. The van der Waals surface area contributed by atoms with Crippen molar-refractivity contribution in [3.63, 3.8) is 0 Å². The number of hydrogen-bond acceptors (Lipinski definition) is 2. The van der Waals surface area contributed by atoms with E-state index in [4.69, 9.17) is 18.0 Å². The van der Waals surface area contributed by atoms with Gasteiger partial charge in [-0.3, -0.25) is 4.79 Å². The third-order valence-electron chi connectivity index (χ3n) is 5.14. The van der Waals surface area contributed by atoms with Crippen molar-refractivity contribution in [1.29, 1.82) is 0 Å². The summed E-state index contributed by atoms with van der Waals surface area (Å²) >= 11 is 5.29. The molecule has 1 unspecified atom stereocenters. The smallest absolute Gasteiger partial charge is 0.223 e. The van der Waals surface area contributed by atoms with Crippen molar-refractivity contribution in [3.05, 3.63) is 0 Å². The van der Waals surface area contributed by atoms with Crippen molar-refractivity contribution >= 4 is 23.1 Å². The number of thiocarbonyl (C=S) groups is 1. The number of carbonyl (C=O) groups excluding carboxylic acids is 1. The Balaban J connectivity index is 2.70. The molecule has 0 aromatic heterocycles. The highest BCUT2D eigenvalue weighted by atomic mass is 32.1. The lowest BCUT2D eigenvalue weighted by molar-refractivity contribution is -0.127. The predicted octanol–water partition coefficient (Wildman–Crippen LogP) is 3.94. The summed E-state index contributed by atoms with van der Waals surface area (Å²) in [4.78, 5) is 13.1. The molecule has 4 heteroatoms. The van der Waals surface area contributed by atoms with Crippen LogP contribution in [0.3, 0.4) is 0 Å². The van der Waals surface area contributed by atoms with E-state index in [1.54, 1.807) is 0 Å². The Labute approximate surface area is 135 Å². The van der Waals surface area contributed by atoms with Crippen LogP contribution >= 0.6 is 12.2 Å². The lowest BCUT2D eigenvalue weighted by Gasteiger charge is -2.40. The fraction of sp³-hybridized carbons (Fsp3) is 0.882. The molecule has 1 aliphatic rings. The van der Waals surface area contributed by atoms with E-state index in [-0.39, 0.29) is 11.8 Å². The molecule has 0 aromatic carbocycles. The Bertz CT molecular complexity index is 349. The molecule has 122 valence electrons. The molecule has 1 aliphatic carbocycles. The molecule has 1 fully saturated rings. The highest BCUT2D eigenvalue weighted by Gasteiger charge is 2.39. The number of nitrogens with one attached hydrogen (secondary N) is 1. The molecule has 0 heterocycles. The maximum absolute atomic E-state index is 12.6. The van der Waals surface area contributed by atoms with E-state index >= 15 is 0 Å². The molecule has 3 N–H and O–H groups in total. The van der Waals surface area contributed by atoms with Crippen LogP contribution in [0, 0.1) is 11.8 Å². The predicted molar refractivity (Wildman–Crippen MR) is 93.2 cm³/mol. The van der Waals surface area contributed by atoms with Gasteiger partial charge in [0, 0.05) is 5.92 Å². The molecule has 0 spiro atoms. The summed E-state index contributed by atoms with van der Waals surface area (Å²) in [6.45, 7) is 6.48. The summed E-state index contributed by atoms with van der Waals surface area (Å²) in [6.07, 6.45) is 9.30. The van der Waals surface area contributed by atoms with Gasteiger partial charge in [-0.15, -0.1) is 0 Å². The van der Waals surface area contributed by atoms with Crippen LogP contribution in [-0.2, 0) is 4.79 Å². The van der Waals surface area contributed by atoms with E-state index < -0.39 is 5.54 Å². The maximum atomic E-state index is 12.6. The van der Waals surface area contributed by atoms with Crippen LogP contribution in [0.1, 0.15) is 78.6 Å². The molecule has 1 rings (SSSR count). The molecule has 21 heavy (non-hydrogen) atoms. The topological polar surface area (TPSA) is 55.1 Å². The van der Waals surface area contributed by atoms with Gasteiger partial charge < -0.3 is 11.1 Å². The van der Waals surface area contributed by atoms with Crippen LogP contribution < -0.4 is 11.1 Å². The monoisotopic (exact) mass is 312 g/mol. The first kappa shape index (κ1) is 18.4. The van der Waals surface area contributed by atoms with Crippen molar-refractivity contribution < 1.29 is 4.79 Å². The molecular weight excluding hydrogens is 280 g/mol.